The summed E-state index contributed by atoms with van der Waals surface area (Å²) in [6.07, 6.45) is 2.74. The van der Waals surface area contributed by atoms with Crippen LogP contribution in [0, 0.1) is 24.7 Å². The molecule has 0 aliphatic heterocycles. The molecule has 5 rings (SSSR count). The van der Waals surface area contributed by atoms with Crippen molar-refractivity contribution in [2.24, 2.45) is 17.8 Å². The van der Waals surface area contributed by atoms with Crippen LogP contribution in [0.3, 0.4) is 0 Å². The van der Waals surface area contributed by atoms with Gasteiger partial charge in [-0.3, -0.25) is 9.48 Å². The Bertz CT molecular complexity index is 693. The first-order valence-electron chi connectivity index (χ1n) is 9.26. The molecule has 1 N–H and O–H groups in total. The zero-order valence-corrected chi connectivity index (χ0v) is 16.3. The summed E-state index contributed by atoms with van der Waals surface area (Å²) < 4.78 is 40.1. The molecule has 8 heteroatoms. The van der Waals surface area contributed by atoms with Gasteiger partial charge in [0.2, 0.25) is 5.91 Å². The minimum Gasteiger partial charge on any atom is -0.351 e. The maximum Gasteiger partial charge on any atom is 0.436 e. The van der Waals surface area contributed by atoms with Gasteiger partial charge in [0.15, 0.2) is 5.69 Å². The summed E-state index contributed by atoms with van der Waals surface area (Å²) in [5, 5.41) is 6.90. The predicted octanol–water partition coefficient (Wildman–Crippen LogP) is 4.45. The van der Waals surface area contributed by atoms with Crippen molar-refractivity contribution in [2.45, 2.75) is 70.1 Å². The summed E-state index contributed by atoms with van der Waals surface area (Å²) >= 11 is 2.96. The molecule has 1 aromatic rings. The van der Waals surface area contributed by atoms with E-state index in [1.807, 2.05) is 0 Å². The van der Waals surface area contributed by atoms with Crippen LogP contribution in [0.2, 0.25) is 0 Å². The molecule has 144 valence electrons. The van der Waals surface area contributed by atoms with Gasteiger partial charge in [-0.05, 0) is 79.1 Å². The normalized spacial score (nSPS) is 32.9. The van der Waals surface area contributed by atoms with Gasteiger partial charge in [0, 0.05) is 12.0 Å². The molecule has 4 bridgehead atoms. The second-order valence-electron chi connectivity index (χ2n) is 8.46. The number of aryl methyl sites for hydroxylation is 1. The molecule has 26 heavy (non-hydrogen) atoms. The van der Waals surface area contributed by atoms with E-state index in [1.165, 1.54) is 23.9 Å². The van der Waals surface area contributed by atoms with E-state index in [-0.39, 0.29) is 28.9 Å². The average molecular weight is 434 g/mol. The third-order valence-electron chi connectivity index (χ3n) is 6.40. The zero-order chi connectivity index (χ0) is 18.7. The Morgan fingerprint density at radius 3 is 2.23 bits per heavy atom. The third kappa shape index (κ3) is 3.29. The highest BCUT2D eigenvalue weighted by atomic mass is 79.9. The minimum absolute atomic E-state index is 0.0495. The maximum absolute atomic E-state index is 12.9. The monoisotopic (exact) mass is 433 g/mol. The van der Waals surface area contributed by atoms with E-state index in [9.17, 15) is 18.0 Å². The van der Waals surface area contributed by atoms with Crippen molar-refractivity contribution < 1.29 is 18.0 Å². The van der Waals surface area contributed by atoms with Crippen LogP contribution in [0.25, 0.3) is 0 Å². The Balaban J connectivity index is 1.39. The summed E-state index contributed by atoms with van der Waals surface area (Å²) in [5.74, 6) is 2.13. The van der Waals surface area contributed by atoms with Gasteiger partial charge in [-0.15, -0.1) is 0 Å². The lowest BCUT2D eigenvalue weighted by atomic mass is 9.53. The smallest absolute Gasteiger partial charge is 0.351 e. The molecule has 4 nitrogen and oxygen atoms in total. The first-order chi connectivity index (χ1) is 12.2. The molecule has 0 atom stereocenters. The first kappa shape index (κ1) is 18.3. The standard InChI is InChI=1S/C18H23BrF3N3O/c1-10-15(19)16(18(20,21)22)24-25(10)3-2-14(26)23-17-7-11-4-12(8-17)6-13(5-11)9-17/h11-13H,2-9H2,1H3,(H,23,26). The number of amides is 1. The van der Waals surface area contributed by atoms with Crippen LogP contribution in [0.1, 0.15) is 56.3 Å². The van der Waals surface area contributed by atoms with Gasteiger partial charge in [0.1, 0.15) is 0 Å². The maximum atomic E-state index is 12.9. The number of nitrogens with zero attached hydrogens (tertiary/aromatic N) is 2. The highest BCUT2D eigenvalue weighted by Crippen LogP contribution is 2.55. The van der Waals surface area contributed by atoms with Crippen molar-refractivity contribution in [3.8, 4) is 0 Å². The molecule has 0 radical (unpaired) electrons. The van der Waals surface area contributed by atoms with Crippen molar-refractivity contribution in [2.75, 3.05) is 0 Å². The van der Waals surface area contributed by atoms with Gasteiger partial charge < -0.3 is 5.32 Å². The Kier molecular flexibility index (Phi) is 4.40. The average Bonchev–Trinajstić information content (AvgIpc) is 2.79. The lowest BCUT2D eigenvalue weighted by Crippen LogP contribution is -2.59. The van der Waals surface area contributed by atoms with Crippen LogP contribution in [0.4, 0.5) is 13.2 Å². The van der Waals surface area contributed by atoms with Gasteiger partial charge in [0.25, 0.3) is 0 Å². The first-order valence-corrected chi connectivity index (χ1v) is 10.1. The van der Waals surface area contributed by atoms with E-state index < -0.39 is 11.9 Å². The van der Waals surface area contributed by atoms with Gasteiger partial charge in [-0.25, -0.2) is 0 Å². The fourth-order valence-electron chi connectivity index (χ4n) is 5.75. The summed E-state index contributed by atoms with van der Waals surface area (Å²) in [5.41, 5.74) is -0.612. The summed E-state index contributed by atoms with van der Waals surface area (Å²) in [4.78, 5) is 12.5. The molecule has 0 spiro atoms. The Morgan fingerprint density at radius 1 is 1.23 bits per heavy atom. The number of hydrogen-bond acceptors (Lipinski definition) is 2. The van der Waals surface area contributed by atoms with Gasteiger partial charge in [-0.1, -0.05) is 0 Å². The zero-order valence-electron chi connectivity index (χ0n) is 14.7. The minimum atomic E-state index is -4.50. The number of halogens is 4. The van der Waals surface area contributed by atoms with Crippen molar-refractivity contribution in [3.63, 3.8) is 0 Å². The van der Waals surface area contributed by atoms with Crippen LogP contribution < -0.4 is 5.32 Å². The fraction of sp³-hybridized carbons (Fsp3) is 0.778. The largest absolute Gasteiger partial charge is 0.436 e. The number of nitrogens with one attached hydrogen (secondary N) is 1. The van der Waals surface area contributed by atoms with Crippen molar-refractivity contribution in [1.29, 1.82) is 0 Å². The molecule has 0 unspecified atom stereocenters. The van der Waals surface area contributed by atoms with Crippen molar-refractivity contribution in [3.05, 3.63) is 15.9 Å². The van der Waals surface area contributed by atoms with E-state index in [4.69, 9.17) is 0 Å². The molecular formula is C18H23BrF3N3O. The predicted molar refractivity (Wildman–Crippen MR) is 93.3 cm³/mol. The molecule has 0 aromatic carbocycles. The Labute approximate surface area is 159 Å². The van der Waals surface area contributed by atoms with Crippen LogP contribution >= 0.6 is 15.9 Å². The SMILES string of the molecule is Cc1c(Br)c(C(F)(F)F)nn1CCC(=O)NC12CC3CC(CC(C3)C1)C2. The van der Waals surface area contributed by atoms with E-state index in [0.29, 0.717) is 5.69 Å². The highest BCUT2D eigenvalue weighted by Gasteiger charge is 2.51. The van der Waals surface area contributed by atoms with E-state index in [2.05, 4.69) is 26.3 Å². The molecule has 4 saturated carbocycles. The Morgan fingerprint density at radius 2 is 1.77 bits per heavy atom. The molecule has 1 amide bonds. The fourth-order valence-corrected chi connectivity index (χ4v) is 6.26. The van der Waals surface area contributed by atoms with Crippen LogP contribution in [0.15, 0.2) is 4.47 Å². The quantitative estimate of drug-likeness (QED) is 0.762. The second-order valence-corrected chi connectivity index (χ2v) is 9.26. The molecule has 4 aliphatic carbocycles. The topological polar surface area (TPSA) is 46.9 Å². The van der Waals surface area contributed by atoms with Crippen molar-refractivity contribution >= 4 is 21.8 Å². The number of aromatic nitrogens is 2. The lowest BCUT2D eigenvalue weighted by molar-refractivity contribution is -0.142. The molecular weight excluding hydrogens is 411 g/mol. The van der Waals surface area contributed by atoms with Crippen molar-refractivity contribution in [1.82, 2.24) is 15.1 Å². The summed E-state index contributed by atoms with van der Waals surface area (Å²) in [7, 11) is 0. The van der Waals surface area contributed by atoms with Crippen LogP contribution in [0.5, 0.6) is 0 Å². The number of carbonyl (C=O) groups is 1. The molecule has 0 saturated heterocycles. The van der Waals surface area contributed by atoms with Gasteiger partial charge in [-0.2, -0.15) is 18.3 Å². The van der Waals surface area contributed by atoms with Gasteiger partial charge in [0.05, 0.1) is 16.7 Å². The molecule has 4 aliphatic rings. The summed E-state index contributed by atoms with van der Waals surface area (Å²) in [6, 6.07) is 0. The van der Waals surface area contributed by atoms with Crippen LogP contribution in [-0.2, 0) is 17.5 Å². The highest BCUT2D eigenvalue weighted by molar-refractivity contribution is 9.10. The molecule has 1 aromatic heterocycles. The van der Waals surface area contributed by atoms with E-state index in [0.717, 1.165) is 37.0 Å². The number of rotatable bonds is 4. The number of carbonyl (C=O) groups excluding carboxylic acids is 1. The van der Waals surface area contributed by atoms with E-state index in [1.54, 1.807) is 6.92 Å². The van der Waals surface area contributed by atoms with Crippen LogP contribution in [-0.4, -0.2) is 21.2 Å². The Hall–Kier alpha value is -1.05. The number of hydrogen-bond donors (Lipinski definition) is 1. The van der Waals surface area contributed by atoms with Gasteiger partial charge >= 0.3 is 6.18 Å². The second kappa shape index (κ2) is 6.24. The third-order valence-corrected chi connectivity index (χ3v) is 7.34. The molecule has 4 fully saturated rings. The summed E-state index contributed by atoms with van der Waals surface area (Å²) in [6.45, 7) is 1.72. The lowest BCUT2D eigenvalue weighted by Gasteiger charge is -2.56. The van der Waals surface area contributed by atoms with E-state index >= 15 is 0 Å². The number of alkyl halides is 3. The molecule has 1 heterocycles.